The number of nitrogens with zero attached hydrogens (tertiary/aromatic N) is 4. The Morgan fingerprint density at radius 3 is 2.88 bits per heavy atom. The molecule has 0 aliphatic carbocycles. The Morgan fingerprint density at radius 2 is 2.19 bits per heavy atom. The number of piperidine rings is 1. The van der Waals surface area contributed by atoms with Gasteiger partial charge in [0, 0.05) is 36.7 Å². The molecule has 0 radical (unpaired) electrons. The minimum Gasteiger partial charge on any atom is -0.481 e. The van der Waals surface area contributed by atoms with Gasteiger partial charge >= 0.3 is 5.97 Å². The predicted octanol–water partition coefficient (Wildman–Crippen LogP) is 3.77. The lowest BCUT2D eigenvalue weighted by molar-refractivity contribution is -0.155. The van der Waals surface area contributed by atoms with Crippen LogP contribution in [0.2, 0.25) is 0 Å². The zero-order chi connectivity index (χ0) is 22.7. The van der Waals surface area contributed by atoms with Gasteiger partial charge in [-0.2, -0.15) is 5.10 Å². The molecule has 2 aliphatic rings. The van der Waals surface area contributed by atoms with Crippen LogP contribution in [0.4, 0.5) is 4.39 Å². The second kappa shape index (κ2) is 9.24. The topological polar surface area (TPSA) is 80.0 Å². The summed E-state index contributed by atoms with van der Waals surface area (Å²) in [5, 5.41) is 18.7. The Kier molecular flexibility index (Phi) is 6.41. The Bertz CT molecular complexity index is 1020. The highest BCUT2D eigenvalue weighted by atomic mass is 19.1. The van der Waals surface area contributed by atoms with Gasteiger partial charge in [-0.3, -0.25) is 14.4 Å². The number of oxime groups is 1. The van der Waals surface area contributed by atoms with Crippen molar-refractivity contribution in [1.82, 2.24) is 14.7 Å². The van der Waals surface area contributed by atoms with Crippen LogP contribution in [0.25, 0.3) is 0 Å². The van der Waals surface area contributed by atoms with E-state index < -0.39 is 11.4 Å². The van der Waals surface area contributed by atoms with Crippen molar-refractivity contribution in [2.45, 2.75) is 51.8 Å². The third-order valence-corrected chi connectivity index (χ3v) is 6.53. The summed E-state index contributed by atoms with van der Waals surface area (Å²) >= 11 is 0. The fourth-order valence-electron chi connectivity index (χ4n) is 4.64. The van der Waals surface area contributed by atoms with Crippen LogP contribution in [0, 0.1) is 18.2 Å². The van der Waals surface area contributed by atoms with E-state index in [9.17, 15) is 14.3 Å². The number of aromatic nitrogens is 2. The third-order valence-electron chi connectivity index (χ3n) is 6.53. The zero-order valence-corrected chi connectivity index (χ0v) is 18.3. The molecule has 1 aromatic carbocycles. The Labute approximate surface area is 187 Å². The number of rotatable bonds is 8. The number of halogens is 1. The number of carbonyl (C=O) groups is 1. The normalized spacial score (nSPS) is 20.6. The molecular formula is C24H29FN4O3. The van der Waals surface area contributed by atoms with Crippen LogP contribution >= 0.6 is 0 Å². The van der Waals surface area contributed by atoms with E-state index in [1.165, 1.54) is 12.1 Å². The van der Waals surface area contributed by atoms with E-state index in [1.54, 1.807) is 12.1 Å². The molecule has 1 N–H and O–H groups in total. The first-order chi connectivity index (χ1) is 15.4. The summed E-state index contributed by atoms with van der Waals surface area (Å²) in [6.45, 7) is 8.56. The molecule has 32 heavy (non-hydrogen) atoms. The SMILES string of the molecule is C=CCn1cc(CN2CCC(CC3CC(c4cccc(F)c4)=NO3)(C(=O)O)CC2)c(C)n1. The van der Waals surface area contributed by atoms with Crippen LogP contribution in [-0.2, 0) is 22.7 Å². The van der Waals surface area contributed by atoms with Crippen LogP contribution < -0.4 is 0 Å². The van der Waals surface area contributed by atoms with E-state index in [1.807, 2.05) is 23.9 Å². The molecule has 1 saturated heterocycles. The highest BCUT2D eigenvalue weighted by Crippen LogP contribution is 2.39. The van der Waals surface area contributed by atoms with Crippen molar-refractivity contribution in [2.24, 2.45) is 10.6 Å². The summed E-state index contributed by atoms with van der Waals surface area (Å²) in [5.41, 5.74) is 2.65. The minimum atomic E-state index is -0.837. The van der Waals surface area contributed by atoms with Gasteiger partial charge in [0.1, 0.15) is 11.9 Å². The molecule has 2 aliphatic heterocycles. The van der Waals surface area contributed by atoms with Crippen LogP contribution in [0.5, 0.6) is 0 Å². The number of allylic oxidation sites excluding steroid dienone is 1. The molecule has 1 atom stereocenters. The van der Waals surface area contributed by atoms with Gasteiger partial charge in [-0.1, -0.05) is 23.4 Å². The summed E-state index contributed by atoms with van der Waals surface area (Å²) in [6, 6.07) is 6.24. The van der Waals surface area contributed by atoms with Gasteiger partial charge in [0.05, 0.1) is 23.4 Å². The fraction of sp³-hybridized carbons (Fsp3) is 0.458. The molecule has 3 heterocycles. The zero-order valence-electron chi connectivity index (χ0n) is 18.3. The summed E-state index contributed by atoms with van der Waals surface area (Å²) in [7, 11) is 0. The molecule has 1 unspecified atom stereocenters. The third kappa shape index (κ3) is 4.75. The van der Waals surface area contributed by atoms with Crippen molar-refractivity contribution in [3.8, 4) is 0 Å². The monoisotopic (exact) mass is 440 g/mol. The number of aryl methyl sites for hydroxylation is 1. The standard InChI is InChI=1S/C24H29FN4O3/c1-3-9-29-16-19(17(2)26-29)15-28-10-7-24(8-11-28,23(30)31)14-21-13-22(27-32-21)18-5-4-6-20(25)12-18/h3-6,12,16,21H,1,7-11,13-15H2,2H3,(H,30,31). The molecule has 0 bridgehead atoms. The number of benzene rings is 1. The van der Waals surface area contributed by atoms with Crippen molar-refractivity contribution in [1.29, 1.82) is 0 Å². The maximum absolute atomic E-state index is 13.5. The summed E-state index contributed by atoms with van der Waals surface area (Å²) in [5.74, 6) is -1.11. The molecule has 7 nitrogen and oxygen atoms in total. The molecule has 0 amide bonds. The molecule has 2 aromatic rings. The first kappa shape index (κ1) is 22.2. The van der Waals surface area contributed by atoms with Gasteiger partial charge in [-0.25, -0.2) is 4.39 Å². The number of likely N-dealkylation sites (tertiary alicyclic amines) is 1. The van der Waals surface area contributed by atoms with Gasteiger partial charge in [0.25, 0.3) is 0 Å². The second-order valence-electron chi connectivity index (χ2n) is 8.80. The smallest absolute Gasteiger partial charge is 0.309 e. The lowest BCUT2D eigenvalue weighted by atomic mass is 9.73. The van der Waals surface area contributed by atoms with Gasteiger partial charge < -0.3 is 9.94 Å². The van der Waals surface area contributed by atoms with E-state index in [0.717, 1.165) is 17.8 Å². The van der Waals surface area contributed by atoms with E-state index in [-0.39, 0.29) is 11.9 Å². The van der Waals surface area contributed by atoms with Gasteiger partial charge in [0.2, 0.25) is 0 Å². The maximum Gasteiger partial charge on any atom is 0.309 e. The van der Waals surface area contributed by atoms with Gasteiger partial charge in [0.15, 0.2) is 0 Å². The molecule has 1 aromatic heterocycles. The first-order valence-corrected chi connectivity index (χ1v) is 11.0. The lowest BCUT2D eigenvalue weighted by Gasteiger charge is -2.39. The van der Waals surface area contributed by atoms with E-state index in [4.69, 9.17) is 4.84 Å². The second-order valence-corrected chi connectivity index (χ2v) is 8.80. The number of hydrogen-bond donors (Lipinski definition) is 1. The largest absolute Gasteiger partial charge is 0.481 e. The molecule has 0 spiro atoms. The molecular weight excluding hydrogens is 411 g/mol. The van der Waals surface area contributed by atoms with Crippen molar-refractivity contribution >= 4 is 11.7 Å². The maximum atomic E-state index is 13.5. The summed E-state index contributed by atoms with van der Waals surface area (Å²) in [4.78, 5) is 20.1. The number of carboxylic acids is 1. The Balaban J connectivity index is 1.36. The highest BCUT2D eigenvalue weighted by molar-refractivity contribution is 6.01. The number of hydrogen-bond acceptors (Lipinski definition) is 5. The summed E-state index contributed by atoms with van der Waals surface area (Å²) < 4.78 is 15.4. The average molecular weight is 441 g/mol. The van der Waals surface area contributed by atoms with Crippen molar-refractivity contribution in [3.05, 3.63) is 65.8 Å². The van der Waals surface area contributed by atoms with E-state index in [0.29, 0.717) is 56.6 Å². The lowest BCUT2D eigenvalue weighted by Crippen LogP contribution is -2.45. The van der Waals surface area contributed by atoms with E-state index >= 15 is 0 Å². The Morgan fingerprint density at radius 1 is 1.41 bits per heavy atom. The minimum absolute atomic E-state index is 0.310. The van der Waals surface area contributed by atoms with Gasteiger partial charge in [-0.05, 0) is 45.0 Å². The van der Waals surface area contributed by atoms with Gasteiger partial charge in [-0.15, -0.1) is 6.58 Å². The van der Waals surface area contributed by atoms with Crippen LogP contribution in [0.1, 0.15) is 42.5 Å². The molecule has 0 saturated carbocycles. The number of carboxylic acid groups (broad SMARTS) is 1. The van der Waals surface area contributed by atoms with Crippen LogP contribution in [0.15, 0.2) is 48.3 Å². The van der Waals surface area contributed by atoms with Crippen LogP contribution in [0.3, 0.4) is 0 Å². The highest BCUT2D eigenvalue weighted by Gasteiger charge is 2.45. The van der Waals surface area contributed by atoms with E-state index in [2.05, 4.69) is 21.7 Å². The molecule has 4 rings (SSSR count). The predicted molar refractivity (Wildman–Crippen MR) is 119 cm³/mol. The molecule has 1 fully saturated rings. The average Bonchev–Trinajstić information content (AvgIpc) is 3.36. The fourth-order valence-corrected chi connectivity index (χ4v) is 4.64. The molecule has 8 heteroatoms. The Hall–Kier alpha value is -3.00. The van der Waals surface area contributed by atoms with Crippen molar-refractivity contribution in [3.63, 3.8) is 0 Å². The van der Waals surface area contributed by atoms with Crippen LogP contribution in [-0.4, -0.2) is 50.7 Å². The number of aliphatic carboxylic acids is 1. The van der Waals surface area contributed by atoms with Crippen molar-refractivity contribution < 1.29 is 19.1 Å². The summed E-state index contributed by atoms with van der Waals surface area (Å²) in [6.07, 6.45) is 5.53. The van der Waals surface area contributed by atoms with Crippen molar-refractivity contribution in [2.75, 3.05) is 13.1 Å². The molecule has 170 valence electrons. The first-order valence-electron chi connectivity index (χ1n) is 11.0. The quantitative estimate of drug-likeness (QED) is 0.632.